The van der Waals surface area contributed by atoms with E-state index in [9.17, 15) is 4.79 Å². The Kier molecular flexibility index (Phi) is 5.36. The summed E-state index contributed by atoms with van der Waals surface area (Å²) in [5, 5.41) is 9.47. The Labute approximate surface area is 158 Å². The number of hydrogen-bond acceptors (Lipinski definition) is 6. The molecule has 0 N–H and O–H groups in total. The molecule has 0 fully saturated rings. The highest BCUT2D eigenvalue weighted by Crippen LogP contribution is 2.29. The lowest BCUT2D eigenvalue weighted by Gasteiger charge is -2.08. The number of ketones is 1. The first-order valence-corrected chi connectivity index (χ1v) is 8.85. The van der Waals surface area contributed by atoms with Crippen molar-refractivity contribution in [2.75, 3.05) is 20.0 Å². The first-order chi connectivity index (χ1) is 12.0. The SMILES string of the molecule is COc1ccc(C(=O)CSc2nnc3c(Cl)cc(Cl)cn23)cc1OC. The molecule has 130 valence electrons. The van der Waals surface area contributed by atoms with Crippen molar-refractivity contribution in [2.24, 2.45) is 0 Å². The van der Waals surface area contributed by atoms with Gasteiger partial charge in [-0.2, -0.15) is 0 Å². The molecule has 0 saturated carbocycles. The van der Waals surface area contributed by atoms with Gasteiger partial charge in [-0.25, -0.2) is 0 Å². The molecular formula is C16H13Cl2N3O3S. The van der Waals surface area contributed by atoms with Gasteiger partial charge >= 0.3 is 0 Å². The van der Waals surface area contributed by atoms with Crippen molar-refractivity contribution in [2.45, 2.75) is 5.16 Å². The molecule has 0 bridgehead atoms. The van der Waals surface area contributed by atoms with Gasteiger partial charge in [-0.05, 0) is 24.3 Å². The minimum atomic E-state index is -0.0733. The van der Waals surface area contributed by atoms with Gasteiger partial charge in [-0.15, -0.1) is 10.2 Å². The Hall–Kier alpha value is -1.96. The van der Waals surface area contributed by atoms with Crippen LogP contribution in [0.25, 0.3) is 5.65 Å². The highest BCUT2D eigenvalue weighted by Gasteiger charge is 2.15. The molecule has 0 atom stereocenters. The fourth-order valence-electron chi connectivity index (χ4n) is 2.22. The summed E-state index contributed by atoms with van der Waals surface area (Å²) in [5.41, 5.74) is 1.02. The van der Waals surface area contributed by atoms with Crippen molar-refractivity contribution in [3.63, 3.8) is 0 Å². The number of aromatic nitrogens is 3. The Morgan fingerprint density at radius 2 is 1.92 bits per heavy atom. The van der Waals surface area contributed by atoms with Crippen LogP contribution in [0.5, 0.6) is 11.5 Å². The predicted molar refractivity (Wildman–Crippen MR) is 97.6 cm³/mol. The van der Waals surface area contributed by atoms with Crippen LogP contribution >= 0.6 is 35.0 Å². The zero-order valence-electron chi connectivity index (χ0n) is 13.3. The van der Waals surface area contributed by atoms with E-state index < -0.39 is 0 Å². The average Bonchev–Trinajstić information content (AvgIpc) is 3.02. The van der Waals surface area contributed by atoms with E-state index in [2.05, 4.69) is 10.2 Å². The summed E-state index contributed by atoms with van der Waals surface area (Å²) in [7, 11) is 3.07. The lowest BCUT2D eigenvalue weighted by molar-refractivity contribution is 0.102. The van der Waals surface area contributed by atoms with E-state index in [4.69, 9.17) is 32.7 Å². The quantitative estimate of drug-likeness (QED) is 0.462. The summed E-state index contributed by atoms with van der Waals surface area (Å²) in [6.45, 7) is 0. The fraction of sp³-hybridized carbons (Fsp3) is 0.188. The van der Waals surface area contributed by atoms with Crippen LogP contribution in [-0.2, 0) is 0 Å². The molecule has 2 heterocycles. The third kappa shape index (κ3) is 3.68. The molecule has 0 aliphatic heterocycles. The Bertz CT molecular complexity index is 946. The summed E-state index contributed by atoms with van der Waals surface area (Å²) < 4.78 is 12.1. The number of benzene rings is 1. The van der Waals surface area contributed by atoms with Crippen LogP contribution in [0, 0.1) is 0 Å². The number of carbonyl (C=O) groups excluding carboxylic acids is 1. The zero-order valence-corrected chi connectivity index (χ0v) is 15.7. The van der Waals surface area contributed by atoms with E-state index in [1.54, 1.807) is 42.0 Å². The normalized spacial score (nSPS) is 10.9. The molecular weight excluding hydrogens is 385 g/mol. The number of rotatable bonds is 6. The van der Waals surface area contributed by atoms with Gasteiger partial charge in [0.25, 0.3) is 0 Å². The first-order valence-electron chi connectivity index (χ1n) is 7.11. The number of fused-ring (bicyclic) bond motifs is 1. The third-order valence-corrected chi connectivity index (χ3v) is 4.86. The van der Waals surface area contributed by atoms with E-state index >= 15 is 0 Å². The molecule has 0 unspecified atom stereocenters. The lowest BCUT2D eigenvalue weighted by Crippen LogP contribution is -2.04. The minimum Gasteiger partial charge on any atom is -0.493 e. The van der Waals surface area contributed by atoms with Gasteiger partial charge in [0.15, 0.2) is 28.1 Å². The Balaban J connectivity index is 1.79. The number of halogens is 2. The van der Waals surface area contributed by atoms with Crippen molar-refractivity contribution in [1.29, 1.82) is 0 Å². The van der Waals surface area contributed by atoms with E-state index in [1.807, 2.05) is 0 Å². The van der Waals surface area contributed by atoms with Gasteiger partial charge in [0.1, 0.15) is 0 Å². The maximum absolute atomic E-state index is 12.5. The summed E-state index contributed by atoms with van der Waals surface area (Å²) in [5.74, 6) is 1.18. The summed E-state index contributed by atoms with van der Waals surface area (Å²) in [4.78, 5) is 12.5. The molecule has 0 spiro atoms. The smallest absolute Gasteiger partial charge is 0.196 e. The number of Topliss-reactive ketones (excluding diaryl/α,β-unsaturated/α-hetero) is 1. The van der Waals surface area contributed by atoms with Crippen molar-refractivity contribution in [3.05, 3.63) is 46.1 Å². The first kappa shape index (κ1) is 17.8. The van der Waals surface area contributed by atoms with Crippen LogP contribution in [0.15, 0.2) is 35.6 Å². The molecule has 6 nitrogen and oxygen atoms in total. The number of methoxy groups -OCH3 is 2. The number of ether oxygens (including phenoxy) is 2. The molecule has 3 rings (SSSR count). The van der Waals surface area contributed by atoms with Crippen LogP contribution < -0.4 is 9.47 Å². The van der Waals surface area contributed by atoms with Crippen LogP contribution in [0.3, 0.4) is 0 Å². The van der Waals surface area contributed by atoms with Gasteiger partial charge in [-0.1, -0.05) is 35.0 Å². The number of carbonyl (C=O) groups is 1. The van der Waals surface area contributed by atoms with Crippen molar-refractivity contribution < 1.29 is 14.3 Å². The van der Waals surface area contributed by atoms with E-state index in [1.165, 1.54) is 18.9 Å². The molecule has 0 amide bonds. The molecule has 2 aromatic heterocycles. The van der Waals surface area contributed by atoms with Gasteiger partial charge in [-0.3, -0.25) is 9.20 Å². The summed E-state index contributed by atoms with van der Waals surface area (Å²) in [6.07, 6.45) is 1.66. The molecule has 1 aromatic carbocycles. The Morgan fingerprint density at radius 3 is 2.64 bits per heavy atom. The van der Waals surface area contributed by atoms with Crippen LogP contribution in [0.1, 0.15) is 10.4 Å². The van der Waals surface area contributed by atoms with Crippen LogP contribution in [-0.4, -0.2) is 40.4 Å². The number of nitrogens with zero attached hydrogens (tertiary/aromatic N) is 3. The standard InChI is InChI=1S/C16H13Cl2N3O3S/c1-23-13-4-3-9(5-14(13)24-2)12(22)8-25-16-20-19-15-11(18)6-10(17)7-21(15)16/h3-7H,8H2,1-2H3. The highest BCUT2D eigenvalue weighted by molar-refractivity contribution is 7.99. The Morgan fingerprint density at radius 1 is 1.16 bits per heavy atom. The van der Waals surface area contributed by atoms with Crippen LogP contribution in [0.4, 0.5) is 0 Å². The molecule has 0 saturated heterocycles. The number of thioether (sulfide) groups is 1. The fourth-order valence-corrected chi connectivity index (χ4v) is 3.54. The summed E-state index contributed by atoms with van der Waals surface area (Å²) >= 11 is 13.3. The van der Waals surface area contributed by atoms with Gasteiger partial charge in [0.05, 0.1) is 30.0 Å². The topological polar surface area (TPSA) is 65.7 Å². The van der Waals surface area contributed by atoms with E-state index in [0.717, 1.165) is 0 Å². The highest BCUT2D eigenvalue weighted by atomic mass is 35.5. The minimum absolute atomic E-state index is 0.0733. The average molecular weight is 398 g/mol. The molecule has 0 aliphatic rings. The van der Waals surface area contributed by atoms with Crippen molar-refractivity contribution in [1.82, 2.24) is 14.6 Å². The van der Waals surface area contributed by atoms with Crippen molar-refractivity contribution in [3.8, 4) is 11.5 Å². The van der Waals surface area contributed by atoms with Gasteiger partial charge < -0.3 is 9.47 Å². The second-order valence-electron chi connectivity index (χ2n) is 4.96. The zero-order chi connectivity index (χ0) is 18.0. The predicted octanol–water partition coefficient (Wildman–Crippen LogP) is 4.03. The third-order valence-electron chi connectivity index (χ3n) is 3.43. The van der Waals surface area contributed by atoms with E-state index in [0.29, 0.717) is 37.9 Å². The summed E-state index contributed by atoms with van der Waals surface area (Å²) in [6, 6.07) is 6.64. The molecule has 0 radical (unpaired) electrons. The number of hydrogen-bond donors (Lipinski definition) is 0. The molecule has 9 heteroatoms. The van der Waals surface area contributed by atoms with Gasteiger partial charge in [0, 0.05) is 11.8 Å². The van der Waals surface area contributed by atoms with Gasteiger partial charge in [0.2, 0.25) is 0 Å². The molecule has 25 heavy (non-hydrogen) atoms. The number of pyridine rings is 1. The maximum Gasteiger partial charge on any atom is 0.196 e. The lowest BCUT2D eigenvalue weighted by atomic mass is 10.1. The maximum atomic E-state index is 12.5. The van der Waals surface area contributed by atoms with E-state index in [-0.39, 0.29) is 11.5 Å². The monoisotopic (exact) mass is 397 g/mol. The second-order valence-corrected chi connectivity index (χ2v) is 6.75. The van der Waals surface area contributed by atoms with Crippen LogP contribution in [0.2, 0.25) is 10.0 Å². The largest absolute Gasteiger partial charge is 0.493 e. The van der Waals surface area contributed by atoms with Crippen molar-refractivity contribution >= 4 is 46.4 Å². The second kappa shape index (κ2) is 7.51. The molecule has 3 aromatic rings. The molecule has 0 aliphatic carbocycles.